The second-order valence-corrected chi connectivity index (χ2v) is 7.47. The summed E-state index contributed by atoms with van der Waals surface area (Å²) in [4.78, 5) is 12.8. The number of halogens is 1. The highest BCUT2D eigenvalue weighted by Gasteiger charge is 2.20. The van der Waals surface area contributed by atoms with Crippen LogP contribution in [-0.4, -0.2) is 34.9 Å². The third kappa shape index (κ3) is 6.07. The smallest absolute Gasteiger partial charge is 0.255 e. The van der Waals surface area contributed by atoms with Gasteiger partial charge in [-0.25, -0.2) is 0 Å². The van der Waals surface area contributed by atoms with E-state index in [1.807, 2.05) is 68.4 Å². The number of rotatable bonds is 7. The number of hydrogen-bond acceptors (Lipinski definition) is 4. The third-order valence-corrected chi connectivity index (χ3v) is 4.26. The normalized spacial score (nSPS) is 10.9. The lowest BCUT2D eigenvalue weighted by atomic mass is 10.1. The summed E-state index contributed by atoms with van der Waals surface area (Å²) in [6.07, 6.45) is 1.78. The first kappa shape index (κ1) is 22.5. The van der Waals surface area contributed by atoms with E-state index >= 15 is 0 Å². The van der Waals surface area contributed by atoms with Gasteiger partial charge in [0.25, 0.3) is 5.91 Å². The molecule has 3 N–H and O–H groups in total. The maximum Gasteiger partial charge on any atom is 0.255 e. The van der Waals surface area contributed by atoms with Crippen LogP contribution in [0.3, 0.4) is 0 Å². The lowest BCUT2D eigenvalue weighted by Crippen LogP contribution is -2.45. The van der Waals surface area contributed by atoms with Crippen molar-refractivity contribution in [3.05, 3.63) is 71.9 Å². The molecule has 1 aromatic heterocycles. The van der Waals surface area contributed by atoms with Crippen molar-refractivity contribution in [2.24, 2.45) is 5.73 Å². The Morgan fingerprint density at radius 2 is 1.79 bits per heavy atom. The number of carbonyl (C=O) groups excluding carboxylic acids is 1. The Balaban J connectivity index is 0.00000300. The first-order valence-electron chi connectivity index (χ1n) is 9.18. The van der Waals surface area contributed by atoms with Crippen molar-refractivity contribution >= 4 is 18.3 Å². The zero-order chi connectivity index (χ0) is 20.1. The van der Waals surface area contributed by atoms with Crippen molar-refractivity contribution in [1.82, 2.24) is 15.1 Å². The number of hydrogen-bond donors (Lipinski definition) is 2. The molecule has 0 bridgehead atoms. The van der Waals surface area contributed by atoms with Crippen LogP contribution >= 0.6 is 12.4 Å². The minimum Gasteiger partial charge on any atom is -0.497 e. The van der Waals surface area contributed by atoms with E-state index in [9.17, 15) is 4.79 Å². The molecule has 3 rings (SSSR count). The maximum absolute atomic E-state index is 12.8. The molecule has 0 unspecified atom stereocenters. The van der Waals surface area contributed by atoms with E-state index in [1.54, 1.807) is 18.0 Å². The largest absolute Gasteiger partial charge is 0.497 e. The van der Waals surface area contributed by atoms with Gasteiger partial charge in [0.2, 0.25) is 0 Å². The zero-order valence-electron chi connectivity index (χ0n) is 16.9. The first-order valence-corrected chi connectivity index (χ1v) is 9.18. The molecule has 3 aromatic rings. The summed E-state index contributed by atoms with van der Waals surface area (Å²) in [6.45, 7) is 4.70. The van der Waals surface area contributed by atoms with Crippen LogP contribution in [0.2, 0.25) is 0 Å². The van der Waals surface area contributed by atoms with Gasteiger partial charge in [-0.2, -0.15) is 5.10 Å². The number of methoxy groups -OCH3 is 1. The van der Waals surface area contributed by atoms with E-state index in [0.717, 1.165) is 16.9 Å². The minimum absolute atomic E-state index is 0. The fourth-order valence-electron chi connectivity index (χ4n) is 2.80. The van der Waals surface area contributed by atoms with Crippen molar-refractivity contribution in [3.63, 3.8) is 0 Å². The Labute approximate surface area is 177 Å². The van der Waals surface area contributed by atoms with Crippen molar-refractivity contribution in [2.45, 2.75) is 25.9 Å². The summed E-state index contributed by atoms with van der Waals surface area (Å²) in [6, 6.07) is 17.5. The van der Waals surface area contributed by atoms with Gasteiger partial charge in [-0.3, -0.25) is 9.48 Å². The monoisotopic (exact) mass is 414 g/mol. The van der Waals surface area contributed by atoms with Crippen LogP contribution in [0, 0.1) is 0 Å². The molecule has 0 aliphatic rings. The summed E-state index contributed by atoms with van der Waals surface area (Å²) in [5.74, 6) is 0.562. The number of benzene rings is 2. The molecule has 0 aliphatic heterocycles. The fraction of sp³-hybridized carbons (Fsp3) is 0.273. The van der Waals surface area contributed by atoms with Crippen molar-refractivity contribution in [1.29, 1.82) is 0 Å². The summed E-state index contributed by atoms with van der Waals surface area (Å²) in [5.41, 5.74) is 8.62. The SMILES string of the molecule is COc1ccc(-c2nn(Cc3ccccc3)cc2C(=O)NCC(C)(C)N)cc1.Cl. The molecule has 6 nitrogen and oxygen atoms in total. The molecule has 0 radical (unpaired) electrons. The van der Waals surface area contributed by atoms with Crippen LogP contribution in [0.1, 0.15) is 29.8 Å². The number of amides is 1. The number of nitrogens with one attached hydrogen (secondary N) is 1. The highest BCUT2D eigenvalue weighted by Crippen LogP contribution is 2.25. The molecule has 154 valence electrons. The maximum atomic E-state index is 12.8. The standard InChI is InChI=1S/C22H26N4O2.ClH/c1-22(2,23)15-24-21(27)19-14-26(13-16-7-5-4-6-8-16)25-20(19)17-9-11-18(28-3)12-10-17;/h4-12,14H,13,15,23H2,1-3H3,(H,24,27);1H. The molecule has 1 heterocycles. The molecule has 7 heteroatoms. The summed E-state index contributed by atoms with van der Waals surface area (Å²) >= 11 is 0. The highest BCUT2D eigenvalue weighted by atomic mass is 35.5. The van der Waals surface area contributed by atoms with Gasteiger partial charge in [-0.1, -0.05) is 30.3 Å². The quantitative estimate of drug-likeness (QED) is 0.620. The number of carbonyl (C=O) groups is 1. The number of aromatic nitrogens is 2. The van der Waals surface area contributed by atoms with E-state index in [0.29, 0.717) is 24.3 Å². The Morgan fingerprint density at radius 3 is 2.38 bits per heavy atom. The lowest BCUT2D eigenvalue weighted by molar-refractivity contribution is 0.0946. The van der Waals surface area contributed by atoms with Gasteiger partial charge in [-0.05, 0) is 43.7 Å². The Bertz CT molecular complexity index is 932. The minimum atomic E-state index is -0.490. The molecule has 1 amide bonds. The average molecular weight is 415 g/mol. The fourth-order valence-corrected chi connectivity index (χ4v) is 2.80. The van der Waals surface area contributed by atoms with Crippen LogP contribution in [0.5, 0.6) is 5.75 Å². The molecule has 0 atom stereocenters. The van der Waals surface area contributed by atoms with Gasteiger partial charge < -0.3 is 15.8 Å². The summed E-state index contributed by atoms with van der Waals surface area (Å²) < 4.78 is 7.01. The van der Waals surface area contributed by atoms with E-state index in [4.69, 9.17) is 10.5 Å². The predicted octanol–water partition coefficient (Wildman–Crippen LogP) is 3.50. The van der Waals surface area contributed by atoms with Crippen LogP contribution in [0.15, 0.2) is 60.8 Å². The molecule has 0 saturated carbocycles. The first-order chi connectivity index (χ1) is 13.4. The number of ether oxygens (including phenoxy) is 1. The summed E-state index contributed by atoms with van der Waals surface area (Å²) in [7, 11) is 1.62. The topological polar surface area (TPSA) is 82.2 Å². The number of nitrogens with zero attached hydrogens (tertiary/aromatic N) is 2. The second kappa shape index (κ2) is 9.58. The van der Waals surface area contributed by atoms with Crippen LogP contribution < -0.4 is 15.8 Å². The van der Waals surface area contributed by atoms with Crippen molar-refractivity contribution < 1.29 is 9.53 Å². The third-order valence-electron chi connectivity index (χ3n) is 4.26. The molecular formula is C22H27ClN4O2. The van der Waals surface area contributed by atoms with E-state index in [2.05, 4.69) is 10.4 Å². The van der Waals surface area contributed by atoms with Crippen LogP contribution in [0.4, 0.5) is 0 Å². The Morgan fingerprint density at radius 1 is 1.14 bits per heavy atom. The van der Waals surface area contributed by atoms with E-state index in [-0.39, 0.29) is 18.3 Å². The molecule has 0 saturated heterocycles. The van der Waals surface area contributed by atoms with Gasteiger partial charge in [0, 0.05) is 23.8 Å². The van der Waals surface area contributed by atoms with Crippen molar-refractivity contribution in [2.75, 3.05) is 13.7 Å². The van der Waals surface area contributed by atoms with Crippen LogP contribution in [0.25, 0.3) is 11.3 Å². The lowest BCUT2D eigenvalue weighted by Gasteiger charge is -2.18. The Hall–Kier alpha value is -2.83. The summed E-state index contributed by atoms with van der Waals surface area (Å²) in [5, 5.41) is 7.59. The van der Waals surface area contributed by atoms with Crippen LogP contribution in [-0.2, 0) is 6.54 Å². The zero-order valence-corrected chi connectivity index (χ0v) is 17.7. The van der Waals surface area contributed by atoms with E-state index in [1.165, 1.54) is 0 Å². The molecule has 0 spiro atoms. The highest BCUT2D eigenvalue weighted by molar-refractivity contribution is 5.99. The number of nitrogens with two attached hydrogens (primary N) is 1. The second-order valence-electron chi connectivity index (χ2n) is 7.47. The molecule has 29 heavy (non-hydrogen) atoms. The van der Waals surface area contributed by atoms with Gasteiger partial charge in [-0.15, -0.1) is 12.4 Å². The molecule has 2 aromatic carbocycles. The van der Waals surface area contributed by atoms with Gasteiger partial charge in [0.15, 0.2) is 0 Å². The van der Waals surface area contributed by atoms with Gasteiger partial charge in [0.1, 0.15) is 11.4 Å². The predicted molar refractivity (Wildman–Crippen MR) is 118 cm³/mol. The van der Waals surface area contributed by atoms with Gasteiger partial charge in [0.05, 0.1) is 19.2 Å². The molecule has 0 fully saturated rings. The molecular weight excluding hydrogens is 388 g/mol. The average Bonchev–Trinajstić information content (AvgIpc) is 3.10. The Kier molecular flexibility index (Phi) is 7.42. The van der Waals surface area contributed by atoms with E-state index < -0.39 is 5.54 Å². The van der Waals surface area contributed by atoms with Crippen molar-refractivity contribution in [3.8, 4) is 17.0 Å². The molecule has 0 aliphatic carbocycles. The van der Waals surface area contributed by atoms with Gasteiger partial charge >= 0.3 is 0 Å².